The highest BCUT2D eigenvalue weighted by atomic mass is 15.1. The Labute approximate surface area is 354 Å². The highest BCUT2D eigenvalue weighted by molar-refractivity contribution is 6.30. The molecular formula is C59H40N2. The topological polar surface area (TPSA) is 8.17 Å². The average molecular weight is 777 g/mol. The second-order valence-electron chi connectivity index (χ2n) is 16.1. The van der Waals surface area contributed by atoms with Gasteiger partial charge in [-0.1, -0.05) is 181 Å². The molecule has 11 aromatic carbocycles. The summed E-state index contributed by atoms with van der Waals surface area (Å²) in [7, 11) is 0. The van der Waals surface area contributed by atoms with Crippen LogP contribution >= 0.6 is 0 Å². The van der Waals surface area contributed by atoms with Crippen molar-refractivity contribution in [1.82, 2.24) is 4.57 Å². The number of anilines is 3. The van der Waals surface area contributed by atoms with Gasteiger partial charge in [0.25, 0.3) is 0 Å². The Morgan fingerprint density at radius 3 is 1.28 bits per heavy atom. The third-order valence-electron chi connectivity index (χ3n) is 12.6. The van der Waals surface area contributed by atoms with Crippen LogP contribution in [0.15, 0.2) is 224 Å². The highest BCUT2D eigenvalue weighted by Crippen LogP contribution is 2.52. The fourth-order valence-electron chi connectivity index (χ4n) is 10.0. The Hall–Kier alpha value is -7.94. The van der Waals surface area contributed by atoms with Gasteiger partial charge in [-0.2, -0.15) is 0 Å². The average Bonchev–Trinajstić information content (AvgIpc) is 3.66. The van der Waals surface area contributed by atoms with Crippen LogP contribution in [-0.4, -0.2) is 4.57 Å². The largest absolute Gasteiger partial charge is 0.309 e. The summed E-state index contributed by atoms with van der Waals surface area (Å²) in [6, 6.07) is 82.4. The number of hydrogen-bond donors (Lipinski definition) is 0. The Morgan fingerprint density at radius 2 is 0.721 bits per heavy atom. The van der Waals surface area contributed by atoms with Crippen LogP contribution in [-0.2, 0) is 0 Å². The number of rotatable bonds is 6. The minimum absolute atomic E-state index is 1.09. The molecule has 12 aromatic rings. The van der Waals surface area contributed by atoms with Gasteiger partial charge < -0.3 is 9.47 Å². The molecule has 0 amide bonds. The summed E-state index contributed by atoms with van der Waals surface area (Å²) in [6.07, 6.45) is 0. The molecule has 0 spiro atoms. The summed E-state index contributed by atoms with van der Waals surface area (Å²) in [4.78, 5) is 2.46. The predicted molar refractivity (Wildman–Crippen MR) is 261 cm³/mol. The van der Waals surface area contributed by atoms with Gasteiger partial charge in [-0.15, -0.1) is 0 Å². The molecular weight excluding hydrogens is 737 g/mol. The van der Waals surface area contributed by atoms with Gasteiger partial charge in [-0.25, -0.2) is 0 Å². The summed E-state index contributed by atoms with van der Waals surface area (Å²) in [5.41, 5.74) is 13.2. The Balaban J connectivity index is 1.14. The first-order chi connectivity index (χ1) is 30.2. The third-order valence-corrected chi connectivity index (χ3v) is 12.6. The Kier molecular flexibility index (Phi) is 8.11. The molecule has 0 saturated heterocycles. The number of nitrogens with zero attached hydrogens (tertiary/aromatic N) is 2. The molecule has 0 atom stereocenters. The quantitative estimate of drug-likeness (QED) is 0.153. The molecule has 0 radical (unpaired) electrons. The van der Waals surface area contributed by atoms with E-state index in [2.05, 4.69) is 241 Å². The lowest BCUT2D eigenvalue weighted by atomic mass is 9.82. The molecule has 2 nitrogen and oxygen atoms in total. The fourth-order valence-corrected chi connectivity index (χ4v) is 10.0. The molecule has 61 heavy (non-hydrogen) atoms. The van der Waals surface area contributed by atoms with E-state index < -0.39 is 0 Å². The van der Waals surface area contributed by atoms with E-state index in [9.17, 15) is 0 Å². The molecule has 1 heterocycles. The van der Waals surface area contributed by atoms with E-state index in [0.29, 0.717) is 0 Å². The summed E-state index contributed by atoms with van der Waals surface area (Å²) in [6.45, 7) is 2.20. The lowest BCUT2D eigenvalue weighted by Crippen LogP contribution is -2.11. The summed E-state index contributed by atoms with van der Waals surface area (Å²) in [5.74, 6) is 0. The molecule has 0 aliphatic rings. The molecule has 0 unspecified atom stereocenters. The van der Waals surface area contributed by atoms with Crippen molar-refractivity contribution in [3.63, 3.8) is 0 Å². The molecule has 0 saturated carbocycles. The predicted octanol–water partition coefficient (Wildman–Crippen LogP) is 16.5. The van der Waals surface area contributed by atoms with Crippen LogP contribution in [0.1, 0.15) is 5.56 Å². The lowest BCUT2D eigenvalue weighted by molar-refractivity contribution is 1.17. The second-order valence-corrected chi connectivity index (χ2v) is 16.1. The van der Waals surface area contributed by atoms with Crippen LogP contribution in [0.2, 0.25) is 0 Å². The van der Waals surface area contributed by atoms with Crippen LogP contribution in [0, 0.1) is 6.92 Å². The number of para-hydroxylation sites is 3. The van der Waals surface area contributed by atoms with Crippen LogP contribution in [0.5, 0.6) is 0 Å². The van der Waals surface area contributed by atoms with E-state index in [1.54, 1.807) is 0 Å². The van der Waals surface area contributed by atoms with E-state index in [-0.39, 0.29) is 0 Å². The van der Waals surface area contributed by atoms with Crippen molar-refractivity contribution in [3.8, 4) is 27.9 Å². The summed E-state index contributed by atoms with van der Waals surface area (Å²) >= 11 is 0. The maximum atomic E-state index is 2.46. The maximum Gasteiger partial charge on any atom is 0.0618 e. The molecule has 0 N–H and O–H groups in total. The number of aryl methyl sites for hydroxylation is 1. The number of aromatic nitrogens is 1. The lowest BCUT2D eigenvalue weighted by Gasteiger charge is -2.30. The second kappa shape index (κ2) is 14.1. The molecule has 0 fully saturated rings. The van der Waals surface area contributed by atoms with Gasteiger partial charge in [0.2, 0.25) is 0 Å². The SMILES string of the molecule is Cc1ccc2c(-c3c4ccccc4c(N(c4ccccc4)c4ccc(-n5c6ccccc6c6ccccc65)cc4)c4ccccc34)c3ccccc3c(-c3ccccc3)c2c1. The first-order valence-corrected chi connectivity index (χ1v) is 21.1. The van der Waals surface area contributed by atoms with Crippen molar-refractivity contribution < 1.29 is 0 Å². The molecule has 286 valence electrons. The van der Waals surface area contributed by atoms with Crippen molar-refractivity contribution >= 4 is 82.0 Å². The molecule has 0 bridgehead atoms. The van der Waals surface area contributed by atoms with Crippen molar-refractivity contribution in [1.29, 1.82) is 0 Å². The molecule has 12 rings (SSSR count). The van der Waals surface area contributed by atoms with E-state index >= 15 is 0 Å². The normalized spacial score (nSPS) is 11.7. The number of benzene rings is 11. The van der Waals surface area contributed by atoms with Gasteiger partial charge in [0, 0.05) is 38.6 Å². The Bertz CT molecular complexity index is 3530. The third kappa shape index (κ3) is 5.50. The maximum absolute atomic E-state index is 2.46. The van der Waals surface area contributed by atoms with Crippen LogP contribution in [0.4, 0.5) is 17.1 Å². The van der Waals surface area contributed by atoms with Crippen molar-refractivity contribution in [3.05, 3.63) is 230 Å². The van der Waals surface area contributed by atoms with Crippen LogP contribution in [0.25, 0.3) is 92.8 Å². The number of hydrogen-bond acceptors (Lipinski definition) is 1. The van der Waals surface area contributed by atoms with Crippen molar-refractivity contribution in [2.75, 3.05) is 4.90 Å². The van der Waals surface area contributed by atoms with Crippen molar-refractivity contribution in [2.45, 2.75) is 6.92 Å². The zero-order chi connectivity index (χ0) is 40.4. The monoisotopic (exact) mass is 776 g/mol. The molecule has 2 heteroatoms. The van der Waals surface area contributed by atoms with Gasteiger partial charge in [0.1, 0.15) is 0 Å². The zero-order valence-electron chi connectivity index (χ0n) is 33.8. The van der Waals surface area contributed by atoms with Crippen LogP contribution < -0.4 is 4.90 Å². The van der Waals surface area contributed by atoms with Gasteiger partial charge >= 0.3 is 0 Å². The van der Waals surface area contributed by atoms with E-state index in [1.807, 2.05) is 0 Å². The fraction of sp³-hybridized carbons (Fsp3) is 0.0169. The van der Waals surface area contributed by atoms with Crippen molar-refractivity contribution in [2.24, 2.45) is 0 Å². The molecule has 0 aliphatic carbocycles. The van der Waals surface area contributed by atoms with E-state index in [4.69, 9.17) is 0 Å². The minimum atomic E-state index is 1.09. The van der Waals surface area contributed by atoms with Crippen LogP contribution in [0.3, 0.4) is 0 Å². The zero-order valence-corrected chi connectivity index (χ0v) is 33.8. The minimum Gasteiger partial charge on any atom is -0.309 e. The highest BCUT2D eigenvalue weighted by Gasteiger charge is 2.25. The van der Waals surface area contributed by atoms with Gasteiger partial charge in [0.05, 0.1) is 16.7 Å². The summed E-state index contributed by atoms with van der Waals surface area (Å²) < 4.78 is 2.39. The van der Waals surface area contributed by atoms with E-state index in [1.165, 1.54) is 92.7 Å². The Morgan fingerprint density at radius 1 is 0.311 bits per heavy atom. The summed E-state index contributed by atoms with van der Waals surface area (Å²) in [5, 5.41) is 12.4. The number of fused-ring (bicyclic) bond motifs is 7. The van der Waals surface area contributed by atoms with Gasteiger partial charge in [0.15, 0.2) is 0 Å². The molecule has 0 aliphatic heterocycles. The smallest absolute Gasteiger partial charge is 0.0618 e. The first-order valence-electron chi connectivity index (χ1n) is 21.1. The van der Waals surface area contributed by atoms with E-state index in [0.717, 1.165) is 22.7 Å². The van der Waals surface area contributed by atoms with Gasteiger partial charge in [-0.3, -0.25) is 0 Å². The van der Waals surface area contributed by atoms with Gasteiger partial charge in [-0.05, 0) is 110 Å². The molecule has 1 aromatic heterocycles. The standard InChI is InChI=1S/C59H40N2/c1-39-32-37-50-53(38-39)56(40-18-4-2-5-19-40)46-24-8-9-25-47(46)57(50)58-48-26-10-12-28-51(48)59(52-29-13-11-27-49(52)58)60(41-20-6-3-7-21-41)42-33-35-43(36-34-42)61-54-30-16-14-22-44(54)45-23-15-17-31-55(45)61/h2-38H,1H3. The first kappa shape index (κ1) is 35.0.